The summed E-state index contributed by atoms with van der Waals surface area (Å²) in [7, 11) is 1.54. The molecule has 2 N–H and O–H groups in total. The van der Waals surface area contributed by atoms with Crippen molar-refractivity contribution in [3.63, 3.8) is 0 Å². The van der Waals surface area contributed by atoms with Gasteiger partial charge in [-0.3, -0.25) is 14.2 Å². The first-order valence-electron chi connectivity index (χ1n) is 14.7. The molecule has 11 nitrogen and oxygen atoms in total. The Kier molecular flexibility index (Phi) is 10.4. The number of thiophene rings is 1. The third kappa shape index (κ3) is 7.31. The molecule has 0 bridgehead atoms. The molecule has 0 fully saturated rings. The first-order valence-corrected chi connectivity index (χ1v) is 16.4. The van der Waals surface area contributed by atoms with Crippen LogP contribution in [0.4, 0.5) is 5.00 Å². The van der Waals surface area contributed by atoms with Gasteiger partial charge in [0.1, 0.15) is 16.5 Å². The van der Waals surface area contributed by atoms with Crippen LogP contribution in [0.15, 0.2) is 53.7 Å². The van der Waals surface area contributed by atoms with Crippen molar-refractivity contribution in [1.82, 2.24) is 20.1 Å². The fourth-order valence-electron chi connectivity index (χ4n) is 4.97. The number of carbonyl (C=O) groups is 3. The third-order valence-electron chi connectivity index (χ3n) is 7.13. The van der Waals surface area contributed by atoms with Crippen molar-refractivity contribution in [2.75, 3.05) is 25.6 Å². The van der Waals surface area contributed by atoms with E-state index in [1.54, 1.807) is 49.8 Å². The van der Waals surface area contributed by atoms with Crippen molar-refractivity contribution in [1.29, 1.82) is 0 Å². The molecule has 0 saturated carbocycles. The predicted octanol–water partition coefficient (Wildman–Crippen LogP) is 5.45. The summed E-state index contributed by atoms with van der Waals surface area (Å²) < 4.78 is 18.0. The summed E-state index contributed by atoms with van der Waals surface area (Å²) in [5.74, 6) is 0.780. The number of nitrogens with zero attached hydrogens (tertiary/aromatic N) is 3. The zero-order valence-corrected chi connectivity index (χ0v) is 27.2. The van der Waals surface area contributed by atoms with Gasteiger partial charge in [-0.15, -0.1) is 21.5 Å². The van der Waals surface area contributed by atoms with Crippen molar-refractivity contribution in [3.05, 3.63) is 75.9 Å². The summed E-state index contributed by atoms with van der Waals surface area (Å²) in [6.45, 7) is 6.32. The van der Waals surface area contributed by atoms with E-state index < -0.39 is 11.2 Å². The summed E-state index contributed by atoms with van der Waals surface area (Å²) in [6, 6.07) is 14.3. The van der Waals surface area contributed by atoms with Gasteiger partial charge in [0.25, 0.3) is 5.91 Å². The lowest BCUT2D eigenvalue weighted by atomic mass is 10.1. The van der Waals surface area contributed by atoms with E-state index in [2.05, 4.69) is 20.8 Å². The van der Waals surface area contributed by atoms with Gasteiger partial charge in [-0.1, -0.05) is 17.8 Å². The molecule has 5 rings (SSSR count). The normalized spacial score (nSPS) is 12.7. The molecule has 45 heavy (non-hydrogen) atoms. The number of fused-ring (bicyclic) bond motifs is 1. The second-order valence-electron chi connectivity index (χ2n) is 10.1. The van der Waals surface area contributed by atoms with E-state index in [1.807, 2.05) is 31.2 Å². The van der Waals surface area contributed by atoms with E-state index in [1.165, 1.54) is 23.1 Å². The number of thioether (sulfide) groups is 1. The Morgan fingerprint density at radius 1 is 1.04 bits per heavy atom. The molecule has 13 heteroatoms. The van der Waals surface area contributed by atoms with Gasteiger partial charge in [-0.25, -0.2) is 4.79 Å². The Bertz CT molecular complexity index is 1680. The van der Waals surface area contributed by atoms with E-state index in [0.29, 0.717) is 45.2 Å². The highest BCUT2D eigenvalue weighted by Gasteiger charge is 2.30. The number of ether oxygens (including phenoxy) is 3. The molecule has 0 saturated heterocycles. The lowest BCUT2D eigenvalue weighted by molar-refractivity contribution is -0.115. The zero-order chi connectivity index (χ0) is 31.9. The topological polar surface area (TPSA) is 134 Å². The lowest BCUT2D eigenvalue weighted by Crippen LogP contribution is -2.25. The van der Waals surface area contributed by atoms with Crippen LogP contribution in [-0.4, -0.2) is 58.1 Å². The monoisotopic (exact) mass is 649 g/mol. The molecule has 0 aliphatic heterocycles. The number of amides is 2. The quantitative estimate of drug-likeness (QED) is 0.143. The zero-order valence-electron chi connectivity index (χ0n) is 25.5. The second kappa shape index (κ2) is 14.6. The highest BCUT2D eigenvalue weighted by molar-refractivity contribution is 8.00. The van der Waals surface area contributed by atoms with Crippen LogP contribution in [0.3, 0.4) is 0 Å². The molecular weight excluding hydrogens is 615 g/mol. The molecule has 0 unspecified atom stereocenters. The molecule has 0 radical (unpaired) electrons. The van der Waals surface area contributed by atoms with Crippen molar-refractivity contribution < 1.29 is 28.6 Å². The molecule has 2 aromatic carbocycles. The van der Waals surface area contributed by atoms with Gasteiger partial charge < -0.3 is 24.8 Å². The van der Waals surface area contributed by atoms with Gasteiger partial charge in [0, 0.05) is 16.1 Å². The Balaban J connectivity index is 1.37. The molecule has 2 heterocycles. The third-order valence-corrected chi connectivity index (χ3v) is 9.38. The van der Waals surface area contributed by atoms with Crippen LogP contribution in [0.2, 0.25) is 0 Å². The largest absolute Gasteiger partial charge is 0.497 e. The Hall–Kier alpha value is -4.36. The average molecular weight is 650 g/mol. The molecule has 2 amide bonds. The fraction of sp³-hybridized carbons (Fsp3) is 0.344. The maximum atomic E-state index is 13.5. The summed E-state index contributed by atoms with van der Waals surface area (Å²) in [4.78, 5) is 40.3. The van der Waals surface area contributed by atoms with Crippen LogP contribution in [0.1, 0.15) is 64.2 Å². The molecular formula is C32H35N5O6S2. The first kappa shape index (κ1) is 32.0. The number of anilines is 1. The van der Waals surface area contributed by atoms with Crippen LogP contribution >= 0.6 is 23.1 Å². The molecule has 236 valence electrons. The highest BCUT2D eigenvalue weighted by atomic mass is 32.2. The molecule has 1 aliphatic carbocycles. The minimum atomic E-state index is -0.596. The molecule has 1 atom stereocenters. The van der Waals surface area contributed by atoms with Gasteiger partial charge in [0.2, 0.25) is 5.91 Å². The molecule has 4 aromatic rings. The number of aromatic nitrogens is 3. The minimum Gasteiger partial charge on any atom is -0.497 e. The SMILES string of the molecule is CCOC(=O)c1c(NC(=O)[C@@H](C)Sc2nnc(CNC(=O)c3cccc(OC)c3)n2-c2ccc(OCC)cc2)sc2c1CCC2. The highest BCUT2D eigenvalue weighted by Crippen LogP contribution is 2.40. The van der Waals surface area contributed by atoms with Crippen LogP contribution < -0.4 is 20.1 Å². The number of benzene rings is 2. The van der Waals surface area contributed by atoms with E-state index in [0.717, 1.165) is 35.4 Å². The number of nitrogens with one attached hydrogen (secondary N) is 2. The Morgan fingerprint density at radius 3 is 2.58 bits per heavy atom. The van der Waals surface area contributed by atoms with Gasteiger partial charge in [0.05, 0.1) is 37.7 Å². The fourth-order valence-corrected chi connectivity index (χ4v) is 7.14. The smallest absolute Gasteiger partial charge is 0.341 e. The lowest BCUT2D eigenvalue weighted by Gasteiger charge is -2.15. The number of carbonyl (C=O) groups excluding carboxylic acids is 3. The van der Waals surface area contributed by atoms with Gasteiger partial charge in [-0.2, -0.15) is 0 Å². The second-order valence-corrected chi connectivity index (χ2v) is 12.5. The van der Waals surface area contributed by atoms with Crippen LogP contribution in [0.25, 0.3) is 5.69 Å². The molecule has 0 spiro atoms. The summed E-state index contributed by atoms with van der Waals surface area (Å²) in [5, 5.41) is 15.0. The summed E-state index contributed by atoms with van der Waals surface area (Å²) in [5.41, 5.74) is 2.63. The van der Waals surface area contributed by atoms with E-state index in [4.69, 9.17) is 14.2 Å². The number of hydrogen-bond acceptors (Lipinski definition) is 10. The van der Waals surface area contributed by atoms with Crippen molar-refractivity contribution >= 4 is 45.9 Å². The van der Waals surface area contributed by atoms with E-state index in [-0.39, 0.29) is 25.0 Å². The van der Waals surface area contributed by atoms with Crippen molar-refractivity contribution in [3.8, 4) is 17.2 Å². The maximum absolute atomic E-state index is 13.5. The summed E-state index contributed by atoms with van der Waals surface area (Å²) in [6.07, 6.45) is 2.66. The van der Waals surface area contributed by atoms with Crippen LogP contribution in [-0.2, 0) is 28.9 Å². The van der Waals surface area contributed by atoms with Gasteiger partial charge >= 0.3 is 5.97 Å². The first-order chi connectivity index (χ1) is 21.8. The number of hydrogen-bond donors (Lipinski definition) is 2. The average Bonchev–Trinajstić information content (AvgIpc) is 3.75. The molecule has 2 aromatic heterocycles. The van der Waals surface area contributed by atoms with E-state index >= 15 is 0 Å². The Labute approximate surface area is 269 Å². The maximum Gasteiger partial charge on any atom is 0.341 e. The number of aryl methyl sites for hydroxylation is 1. The standard InChI is InChI=1S/C32H35N5O6S2/c1-5-42-22-15-13-21(14-16-22)37-26(18-33-29(39)20-9-7-10-23(17-20)41-4)35-36-32(37)44-19(3)28(38)34-30-27(31(40)43-6-2)24-11-8-12-25(24)45-30/h7,9-10,13-17,19H,5-6,8,11-12,18H2,1-4H3,(H,33,39)(H,34,38)/t19-/m1/s1. The van der Waals surface area contributed by atoms with Gasteiger partial charge in [-0.05, 0) is 88.1 Å². The number of rotatable bonds is 13. The van der Waals surface area contributed by atoms with Crippen LogP contribution in [0.5, 0.6) is 11.5 Å². The van der Waals surface area contributed by atoms with Crippen molar-refractivity contribution in [2.24, 2.45) is 0 Å². The Morgan fingerprint density at radius 2 is 1.84 bits per heavy atom. The van der Waals surface area contributed by atoms with Crippen molar-refractivity contribution in [2.45, 2.75) is 57.0 Å². The van der Waals surface area contributed by atoms with E-state index in [9.17, 15) is 14.4 Å². The van der Waals surface area contributed by atoms with Gasteiger partial charge in [0.15, 0.2) is 11.0 Å². The van der Waals surface area contributed by atoms with Crippen LogP contribution in [0, 0.1) is 0 Å². The summed E-state index contributed by atoms with van der Waals surface area (Å²) >= 11 is 2.66. The number of methoxy groups -OCH3 is 1. The minimum absolute atomic E-state index is 0.0844. The predicted molar refractivity (Wildman–Crippen MR) is 173 cm³/mol. The molecule has 1 aliphatic rings. The number of esters is 1.